The van der Waals surface area contributed by atoms with Gasteiger partial charge < -0.3 is 16.0 Å². The Morgan fingerprint density at radius 1 is 1.16 bits per heavy atom. The fourth-order valence-electron chi connectivity index (χ4n) is 4.39. The number of piperidine rings is 1. The molecule has 0 radical (unpaired) electrons. The minimum atomic E-state index is -4.61. The van der Waals surface area contributed by atoms with E-state index in [1.54, 1.807) is 14.0 Å². The minimum Gasteiger partial charge on any atom is -0.335 e. The summed E-state index contributed by atoms with van der Waals surface area (Å²) in [5, 5.41) is 11.9. The maximum absolute atomic E-state index is 14.1. The van der Waals surface area contributed by atoms with Gasteiger partial charge in [0.25, 0.3) is 0 Å². The molecule has 1 aromatic carbocycles. The number of sulfone groups is 1. The molecule has 1 aliphatic rings. The van der Waals surface area contributed by atoms with Crippen molar-refractivity contribution in [3.8, 4) is 0 Å². The fourth-order valence-corrected chi connectivity index (χ4v) is 5.62. The van der Waals surface area contributed by atoms with Gasteiger partial charge in [-0.3, -0.25) is 4.68 Å². The standard InChI is InChI=1S/C24H29ClF3N7O2S/c1-13(2)38(36,37)22-20(12-35(4)34-22)31-21-18(25)11-30-23(33-21)32-19-9-14(3)16(10-17(19)24(26,27)28)15-5-7-29-8-6-15/h9-13,15,29H,5-8H2,1-4H3,(H2,30,31,32,33). The Bertz CT molecular complexity index is 1440. The number of alkyl halides is 3. The van der Waals surface area contributed by atoms with Crippen LogP contribution in [0.2, 0.25) is 5.02 Å². The SMILES string of the molecule is Cc1cc(Nc2ncc(Cl)c(Nc3cn(C)nc3S(=O)(=O)C(C)C)n2)c(C(F)(F)F)cc1C1CCNCC1. The Labute approximate surface area is 224 Å². The van der Waals surface area contributed by atoms with Crippen molar-refractivity contribution < 1.29 is 21.6 Å². The van der Waals surface area contributed by atoms with Gasteiger partial charge in [0.05, 0.1) is 28.4 Å². The summed E-state index contributed by atoms with van der Waals surface area (Å²) in [5.74, 6) is -0.0904. The molecule has 0 saturated carbocycles. The van der Waals surface area contributed by atoms with Crippen molar-refractivity contribution in [2.45, 2.75) is 56.0 Å². The lowest BCUT2D eigenvalue weighted by Crippen LogP contribution is -2.27. The van der Waals surface area contributed by atoms with Gasteiger partial charge in [-0.25, -0.2) is 13.4 Å². The molecule has 3 heterocycles. The first kappa shape index (κ1) is 28.1. The van der Waals surface area contributed by atoms with Crippen LogP contribution in [0.1, 0.15) is 49.3 Å². The number of hydrogen-bond acceptors (Lipinski definition) is 8. The van der Waals surface area contributed by atoms with E-state index < -0.39 is 26.8 Å². The van der Waals surface area contributed by atoms with Gasteiger partial charge in [-0.15, -0.1) is 0 Å². The van der Waals surface area contributed by atoms with Crippen molar-refractivity contribution in [3.05, 3.63) is 46.2 Å². The molecule has 0 atom stereocenters. The van der Waals surface area contributed by atoms with Gasteiger partial charge in [0.2, 0.25) is 20.8 Å². The molecule has 14 heteroatoms. The van der Waals surface area contributed by atoms with E-state index in [1.165, 1.54) is 43.1 Å². The molecule has 0 bridgehead atoms. The van der Waals surface area contributed by atoms with Crippen LogP contribution in [0.25, 0.3) is 0 Å². The summed E-state index contributed by atoms with van der Waals surface area (Å²) < 4.78 is 69.1. The van der Waals surface area contributed by atoms with Crippen LogP contribution in [0.4, 0.5) is 36.3 Å². The van der Waals surface area contributed by atoms with E-state index in [4.69, 9.17) is 11.6 Å². The average molecular weight is 572 g/mol. The van der Waals surface area contributed by atoms with Crippen LogP contribution in [0.5, 0.6) is 0 Å². The van der Waals surface area contributed by atoms with Crippen molar-refractivity contribution in [1.29, 1.82) is 0 Å². The summed E-state index contributed by atoms with van der Waals surface area (Å²) in [5.41, 5.74) is 0.538. The summed E-state index contributed by atoms with van der Waals surface area (Å²) in [6.45, 7) is 6.37. The molecule has 3 N–H and O–H groups in total. The number of hydrogen-bond donors (Lipinski definition) is 3. The molecule has 0 unspecified atom stereocenters. The number of rotatable bonds is 7. The van der Waals surface area contributed by atoms with Crippen molar-refractivity contribution in [1.82, 2.24) is 25.1 Å². The van der Waals surface area contributed by atoms with Gasteiger partial charge in [0, 0.05) is 13.2 Å². The summed E-state index contributed by atoms with van der Waals surface area (Å²) in [7, 11) is -2.18. The number of nitrogens with zero attached hydrogens (tertiary/aromatic N) is 4. The lowest BCUT2D eigenvalue weighted by atomic mass is 9.86. The van der Waals surface area contributed by atoms with Crippen LogP contribution in [-0.2, 0) is 23.1 Å². The zero-order chi connectivity index (χ0) is 27.8. The molecule has 1 saturated heterocycles. The van der Waals surface area contributed by atoms with Gasteiger partial charge in [-0.1, -0.05) is 11.6 Å². The van der Waals surface area contributed by atoms with Gasteiger partial charge in [0.1, 0.15) is 5.02 Å². The molecule has 0 amide bonds. The first-order valence-corrected chi connectivity index (χ1v) is 14.0. The summed E-state index contributed by atoms with van der Waals surface area (Å²) in [4.78, 5) is 8.27. The van der Waals surface area contributed by atoms with Crippen molar-refractivity contribution in [2.24, 2.45) is 7.05 Å². The number of halogens is 4. The van der Waals surface area contributed by atoms with E-state index in [0.717, 1.165) is 31.5 Å². The highest BCUT2D eigenvalue weighted by molar-refractivity contribution is 7.92. The maximum Gasteiger partial charge on any atom is 0.418 e. The van der Waals surface area contributed by atoms with Crippen molar-refractivity contribution >= 4 is 44.6 Å². The summed E-state index contributed by atoms with van der Waals surface area (Å²) in [6, 6.07) is 2.67. The summed E-state index contributed by atoms with van der Waals surface area (Å²) >= 11 is 6.24. The van der Waals surface area contributed by atoms with Crippen molar-refractivity contribution in [3.63, 3.8) is 0 Å². The second-order valence-corrected chi connectivity index (χ2v) is 12.4. The number of anilines is 4. The molecule has 2 aromatic heterocycles. The first-order valence-electron chi connectivity index (χ1n) is 12.0. The third-order valence-corrected chi connectivity index (χ3v) is 8.78. The Balaban J connectivity index is 1.69. The van der Waals surface area contributed by atoms with Gasteiger partial charge in [-0.2, -0.15) is 23.3 Å². The molecular weight excluding hydrogens is 543 g/mol. The van der Waals surface area contributed by atoms with E-state index in [-0.39, 0.29) is 39.1 Å². The van der Waals surface area contributed by atoms with Crippen LogP contribution >= 0.6 is 11.6 Å². The predicted molar refractivity (Wildman–Crippen MR) is 140 cm³/mol. The highest BCUT2D eigenvalue weighted by Gasteiger charge is 2.35. The van der Waals surface area contributed by atoms with Gasteiger partial charge in [0.15, 0.2) is 5.82 Å². The zero-order valence-electron chi connectivity index (χ0n) is 21.3. The first-order chi connectivity index (χ1) is 17.8. The molecule has 3 aromatic rings. The second-order valence-electron chi connectivity index (χ2n) is 9.53. The zero-order valence-corrected chi connectivity index (χ0v) is 22.9. The Morgan fingerprint density at radius 3 is 2.47 bits per heavy atom. The molecule has 206 valence electrons. The molecule has 1 aliphatic heterocycles. The van der Waals surface area contributed by atoms with Crippen LogP contribution < -0.4 is 16.0 Å². The highest BCUT2D eigenvalue weighted by Crippen LogP contribution is 2.40. The largest absolute Gasteiger partial charge is 0.418 e. The molecule has 1 fully saturated rings. The summed E-state index contributed by atoms with van der Waals surface area (Å²) in [6.07, 6.45) is -0.408. The van der Waals surface area contributed by atoms with E-state index in [2.05, 4.69) is 31.0 Å². The molecule has 4 rings (SSSR count). The monoisotopic (exact) mass is 571 g/mol. The number of nitrogens with one attached hydrogen (secondary N) is 3. The van der Waals surface area contributed by atoms with Crippen LogP contribution in [0.3, 0.4) is 0 Å². The lowest BCUT2D eigenvalue weighted by Gasteiger charge is -2.26. The third-order valence-electron chi connectivity index (χ3n) is 6.42. The fraction of sp³-hybridized carbons (Fsp3) is 0.458. The third kappa shape index (κ3) is 5.89. The van der Waals surface area contributed by atoms with E-state index in [1.807, 2.05) is 0 Å². The van der Waals surface area contributed by atoms with E-state index in [0.29, 0.717) is 5.56 Å². The van der Waals surface area contributed by atoms with Crippen LogP contribution in [0.15, 0.2) is 29.6 Å². The van der Waals surface area contributed by atoms with Crippen LogP contribution in [0, 0.1) is 6.92 Å². The molecule has 0 aliphatic carbocycles. The average Bonchev–Trinajstić information content (AvgIpc) is 3.21. The maximum atomic E-state index is 14.1. The lowest BCUT2D eigenvalue weighted by molar-refractivity contribution is -0.137. The van der Waals surface area contributed by atoms with Crippen molar-refractivity contribution in [2.75, 3.05) is 23.7 Å². The van der Waals surface area contributed by atoms with Crippen LogP contribution in [-0.4, -0.2) is 46.5 Å². The number of aryl methyl sites for hydroxylation is 2. The molecule has 0 spiro atoms. The topological polar surface area (TPSA) is 114 Å². The normalized spacial score (nSPS) is 15.2. The number of benzene rings is 1. The smallest absolute Gasteiger partial charge is 0.335 e. The Hall–Kier alpha value is -2.90. The molecule has 9 nitrogen and oxygen atoms in total. The minimum absolute atomic E-state index is 0.00831. The molecular formula is C24H29ClF3N7O2S. The number of aromatic nitrogens is 4. The molecule has 38 heavy (non-hydrogen) atoms. The van der Waals surface area contributed by atoms with Gasteiger partial charge in [-0.05, 0) is 75.9 Å². The predicted octanol–water partition coefficient (Wildman–Crippen LogP) is 5.33. The highest BCUT2D eigenvalue weighted by atomic mass is 35.5. The second kappa shape index (κ2) is 10.7. The van der Waals surface area contributed by atoms with Gasteiger partial charge >= 0.3 is 6.18 Å². The Kier molecular flexibility index (Phi) is 7.91. The quantitative estimate of drug-likeness (QED) is 0.349. The Morgan fingerprint density at radius 2 is 1.84 bits per heavy atom. The van der Waals surface area contributed by atoms with E-state index >= 15 is 0 Å². The van der Waals surface area contributed by atoms with E-state index in [9.17, 15) is 21.6 Å².